The first-order chi connectivity index (χ1) is 3.93. The molecule has 0 aliphatic carbocycles. The highest BCUT2D eigenvalue weighted by Gasteiger charge is 2.09. The van der Waals surface area contributed by atoms with Gasteiger partial charge in [0.25, 0.3) is 0 Å². The molecule has 0 amide bonds. The lowest BCUT2D eigenvalue weighted by Crippen LogP contribution is -2.37. The molecule has 4 heteroatoms. The summed E-state index contributed by atoms with van der Waals surface area (Å²) in [6.07, 6.45) is -0.219. The third-order valence-electron chi connectivity index (χ3n) is 1.07. The Hall–Kier alpha value is -0.300. The SMILES string of the molecule is Cl.N#C[C@H]1CNCCO1. The van der Waals surface area contributed by atoms with Gasteiger partial charge in [0.15, 0.2) is 6.10 Å². The lowest BCUT2D eigenvalue weighted by Gasteiger charge is -2.16. The normalized spacial score (nSPS) is 25.9. The maximum Gasteiger partial charge on any atom is 0.156 e. The molecule has 1 saturated heterocycles. The molecule has 3 nitrogen and oxygen atoms in total. The van der Waals surface area contributed by atoms with Crippen LogP contribution in [0.3, 0.4) is 0 Å². The molecule has 0 bridgehead atoms. The molecule has 1 heterocycles. The van der Waals surface area contributed by atoms with Crippen molar-refractivity contribution in [2.45, 2.75) is 6.10 Å². The highest BCUT2D eigenvalue weighted by molar-refractivity contribution is 5.85. The van der Waals surface area contributed by atoms with E-state index in [9.17, 15) is 0 Å². The molecule has 1 atom stereocenters. The van der Waals surface area contributed by atoms with Crippen LogP contribution in [0, 0.1) is 11.3 Å². The Morgan fingerprint density at radius 3 is 2.78 bits per heavy atom. The van der Waals surface area contributed by atoms with Gasteiger partial charge < -0.3 is 10.1 Å². The quantitative estimate of drug-likeness (QED) is 0.523. The Labute approximate surface area is 60.4 Å². The molecule has 0 aromatic rings. The van der Waals surface area contributed by atoms with Crippen LogP contribution in [0.5, 0.6) is 0 Å². The van der Waals surface area contributed by atoms with E-state index in [4.69, 9.17) is 10.00 Å². The maximum absolute atomic E-state index is 8.28. The number of halogens is 1. The summed E-state index contributed by atoms with van der Waals surface area (Å²) in [7, 11) is 0. The van der Waals surface area contributed by atoms with E-state index in [1.54, 1.807) is 0 Å². The number of hydrogen-bond acceptors (Lipinski definition) is 3. The van der Waals surface area contributed by atoms with E-state index >= 15 is 0 Å². The van der Waals surface area contributed by atoms with E-state index in [-0.39, 0.29) is 18.5 Å². The molecule has 52 valence electrons. The molecule has 0 spiro atoms. The minimum Gasteiger partial charge on any atom is -0.361 e. The van der Waals surface area contributed by atoms with Gasteiger partial charge >= 0.3 is 0 Å². The Kier molecular flexibility index (Phi) is 4.41. The number of nitrogens with zero attached hydrogens (tertiary/aromatic N) is 1. The summed E-state index contributed by atoms with van der Waals surface area (Å²) >= 11 is 0. The molecule has 1 fully saturated rings. The van der Waals surface area contributed by atoms with Gasteiger partial charge in [-0.1, -0.05) is 0 Å². The average molecular weight is 149 g/mol. The molecule has 1 aliphatic rings. The Morgan fingerprint density at radius 1 is 1.67 bits per heavy atom. The molecular formula is C5H9ClN2O. The second kappa shape index (κ2) is 4.57. The molecule has 0 aromatic heterocycles. The second-order valence-corrected chi connectivity index (χ2v) is 1.69. The predicted octanol–water partition coefficient (Wildman–Crippen LogP) is -0.0798. The minimum atomic E-state index is -0.219. The van der Waals surface area contributed by atoms with Gasteiger partial charge in [-0.05, 0) is 0 Å². The maximum atomic E-state index is 8.28. The third-order valence-corrected chi connectivity index (χ3v) is 1.07. The van der Waals surface area contributed by atoms with E-state index in [1.807, 2.05) is 6.07 Å². The van der Waals surface area contributed by atoms with Gasteiger partial charge in [0.05, 0.1) is 12.7 Å². The first-order valence-electron chi connectivity index (χ1n) is 2.65. The van der Waals surface area contributed by atoms with Gasteiger partial charge in [-0.25, -0.2) is 0 Å². The van der Waals surface area contributed by atoms with Crippen LogP contribution in [0.4, 0.5) is 0 Å². The van der Waals surface area contributed by atoms with Crippen molar-refractivity contribution < 1.29 is 4.74 Å². The standard InChI is InChI=1S/C5H8N2O.ClH/c6-3-5-4-7-1-2-8-5;/h5,7H,1-2,4H2;1H/t5-;/m0./s1. The third kappa shape index (κ3) is 2.66. The van der Waals surface area contributed by atoms with Crippen molar-refractivity contribution in [2.75, 3.05) is 19.7 Å². The summed E-state index contributed by atoms with van der Waals surface area (Å²) in [5, 5.41) is 11.3. The van der Waals surface area contributed by atoms with E-state index in [0.29, 0.717) is 13.2 Å². The van der Waals surface area contributed by atoms with Crippen molar-refractivity contribution >= 4 is 12.4 Å². The van der Waals surface area contributed by atoms with Gasteiger partial charge in [-0.2, -0.15) is 5.26 Å². The molecule has 1 N–H and O–H groups in total. The Morgan fingerprint density at radius 2 is 2.44 bits per heavy atom. The van der Waals surface area contributed by atoms with Crippen molar-refractivity contribution in [1.29, 1.82) is 5.26 Å². The van der Waals surface area contributed by atoms with Crippen LogP contribution in [-0.2, 0) is 4.74 Å². The molecule has 1 aliphatic heterocycles. The highest BCUT2D eigenvalue weighted by atomic mass is 35.5. The fraction of sp³-hybridized carbons (Fsp3) is 0.800. The second-order valence-electron chi connectivity index (χ2n) is 1.69. The highest BCUT2D eigenvalue weighted by Crippen LogP contribution is 1.91. The van der Waals surface area contributed by atoms with Crippen molar-refractivity contribution in [2.24, 2.45) is 0 Å². The zero-order valence-electron chi connectivity index (χ0n) is 4.96. The Bertz CT molecular complexity index is 106. The molecular weight excluding hydrogens is 140 g/mol. The molecule has 0 aromatic carbocycles. The fourth-order valence-corrected chi connectivity index (χ4v) is 0.648. The van der Waals surface area contributed by atoms with E-state index < -0.39 is 0 Å². The van der Waals surface area contributed by atoms with Crippen LogP contribution >= 0.6 is 12.4 Å². The number of nitriles is 1. The summed E-state index contributed by atoms with van der Waals surface area (Å²) < 4.78 is 5.00. The van der Waals surface area contributed by atoms with Crippen LogP contribution in [0.2, 0.25) is 0 Å². The Balaban J connectivity index is 0.000000640. The number of ether oxygens (including phenoxy) is 1. The summed E-state index contributed by atoms with van der Waals surface area (Å²) in [6.45, 7) is 2.22. The van der Waals surface area contributed by atoms with Gasteiger partial charge in [-0.15, -0.1) is 12.4 Å². The smallest absolute Gasteiger partial charge is 0.156 e. The first-order valence-corrected chi connectivity index (χ1v) is 2.65. The first kappa shape index (κ1) is 8.70. The summed E-state index contributed by atoms with van der Waals surface area (Å²) in [5.74, 6) is 0. The number of rotatable bonds is 0. The summed E-state index contributed by atoms with van der Waals surface area (Å²) in [6, 6.07) is 2.02. The van der Waals surface area contributed by atoms with Crippen LogP contribution in [-0.4, -0.2) is 25.8 Å². The van der Waals surface area contributed by atoms with Crippen molar-refractivity contribution in [3.05, 3.63) is 0 Å². The lowest BCUT2D eigenvalue weighted by atomic mass is 10.3. The molecule has 9 heavy (non-hydrogen) atoms. The van der Waals surface area contributed by atoms with Crippen LogP contribution in [0.15, 0.2) is 0 Å². The lowest BCUT2D eigenvalue weighted by molar-refractivity contribution is 0.0638. The molecule has 1 rings (SSSR count). The monoisotopic (exact) mass is 148 g/mol. The average Bonchev–Trinajstić information content (AvgIpc) is 1.90. The van der Waals surface area contributed by atoms with Crippen molar-refractivity contribution in [3.8, 4) is 6.07 Å². The zero-order valence-corrected chi connectivity index (χ0v) is 5.78. The largest absolute Gasteiger partial charge is 0.361 e. The van der Waals surface area contributed by atoms with E-state index in [2.05, 4.69) is 5.32 Å². The van der Waals surface area contributed by atoms with Crippen LogP contribution in [0.25, 0.3) is 0 Å². The predicted molar refractivity (Wildman–Crippen MR) is 35.5 cm³/mol. The summed E-state index contributed by atoms with van der Waals surface area (Å²) in [4.78, 5) is 0. The van der Waals surface area contributed by atoms with Crippen LogP contribution in [0.1, 0.15) is 0 Å². The number of morpholine rings is 1. The summed E-state index contributed by atoms with van der Waals surface area (Å²) in [5.41, 5.74) is 0. The van der Waals surface area contributed by atoms with E-state index in [1.165, 1.54) is 0 Å². The fourth-order valence-electron chi connectivity index (χ4n) is 0.648. The van der Waals surface area contributed by atoms with Gasteiger partial charge in [0.1, 0.15) is 0 Å². The molecule has 0 radical (unpaired) electrons. The van der Waals surface area contributed by atoms with Gasteiger partial charge in [0.2, 0.25) is 0 Å². The molecule has 0 unspecified atom stereocenters. The van der Waals surface area contributed by atoms with Crippen molar-refractivity contribution in [1.82, 2.24) is 5.32 Å². The van der Waals surface area contributed by atoms with Gasteiger partial charge in [0, 0.05) is 13.1 Å². The van der Waals surface area contributed by atoms with Crippen LogP contribution < -0.4 is 5.32 Å². The minimum absolute atomic E-state index is 0. The zero-order chi connectivity index (χ0) is 5.82. The van der Waals surface area contributed by atoms with Crippen molar-refractivity contribution in [3.63, 3.8) is 0 Å². The molecule has 0 saturated carbocycles. The van der Waals surface area contributed by atoms with Gasteiger partial charge in [-0.3, -0.25) is 0 Å². The number of nitrogens with one attached hydrogen (secondary N) is 1. The number of hydrogen-bond donors (Lipinski definition) is 1. The van der Waals surface area contributed by atoms with E-state index in [0.717, 1.165) is 6.54 Å². The topological polar surface area (TPSA) is 45.0 Å².